The Kier molecular flexibility index (Phi) is 15.0. The number of nitrogens with one attached hydrogen (secondary N) is 1. The van der Waals surface area contributed by atoms with Crippen LogP contribution in [-0.2, 0) is 13.0 Å². The number of nitrogens with zero attached hydrogens (tertiary/aromatic N) is 2. The van der Waals surface area contributed by atoms with Crippen LogP contribution in [0.15, 0.2) is 84.9 Å². The van der Waals surface area contributed by atoms with Crippen molar-refractivity contribution in [1.82, 2.24) is 9.47 Å². The normalized spacial score (nSPS) is 13.4. The van der Waals surface area contributed by atoms with E-state index in [-0.39, 0.29) is 11.7 Å². The summed E-state index contributed by atoms with van der Waals surface area (Å²) in [6, 6.07) is 28.6. The van der Waals surface area contributed by atoms with Crippen LogP contribution in [0.5, 0.6) is 5.75 Å². The van der Waals surface area contributed by atoms with E-state index in [1.54, 1.807) is 6.07 Å². The predicted molar refractivity (Wildman–Crippen MR) is 230 cm³/mol. The summed E-state index contributed by atoms with van der Waals surface area (Å²) in [6.07, 6.45) is 11.8. The number of phenols is 1. The van der Waals surface area contributed by atoms with E-state index < -0.39 is 0 Å². The maximum Gasteiger partial charge on any atom is 0.255 e. The Morgan fingerprint density at radius 3 is 2.20 bits per heavy atom. The molecule has 54 heavy (non-hydrogen) atoms. The number of aromatic hydroxyl groups is 1. The van der Waals surface area contributed by atoms with Gasteiger partial charge in [0, 0.05) is 46.0 Å². The van der Waals surface area contributed by atoms with Gasteiger partial charge in [-0.05, 0) is 142 Å². The van der Waals surface area contributed by atoms with Crippen LogP contribution in [-0.4, -0.2) is 40.6 Å². The van der Waals surface area contributed by atoms with E-state index in [0.717, 1.165) is 48.4 Å². The van der Waals surface area contributed by atoms with Crippen LogP contribution < -0.4 is 5.32 Å². The number of hydrogen-bond donors (Lipinski definition) is 2. The second-order valence-electron chi connectivity index (χ2n) is 15.8. The van der Waals surface area contributed by atoms with Gasteiger partial charge in [-0.3, -0.25) is 4.79 Å². The highest BCUT2D eigenvalue weighted by molar-refractivity contribution is 6.04. The van der Waals surface area contributed by atoms with Crippen molar-refractivity contribution in [3.8, 4) is 16.9 Å². The number of hydrogen-bond acceptors (Lipinski definition) is 3. The molecule has 1 atom stereocenters. The van der Waals surface area contributed by atoms with E-state index in [1.165, 1.54) is 91.3 Å². The number of anilines is 1. The van der Waals surface area contributed by atoms with Gasteiger partial charge in [0.05, 0.1) is 0 Å². The summed E-state index contributed by atoms with van der Waals surface area (Å²) >= 11 is 0. The minimum Gasteiger partial charge on any atom is -0.507 e. The molecule has 0 bridgehead atoms. The number of rotatable bonds is 16. The second-order valence-corrected chi connectivity index (χ2v) is 15.8. The number of carbonyl (C=O) groups is 1. The van der Waals surface area contributed by atoms with E-state index in [0.29, 0.717) is 17.2 Å². The van der Waals surface area contributed by atoms with Crippen molar-refractivity contribution in [3.63, 3.8) is 0 Å². The highest BCUT2D eigenvalue weighted by atomic mass is 16.3. The molecule has 0 radical (unpaired) electrons. The summed E-state index contributed by atoms with van der Waals surface area (Å²) in [5.41, 5.74) is 10.8. The van der Waals surface area contributed by atoms with Gasteiger partial charge in [0.2, 0.25) is 0 Å². The summed E-state index contributed by atoms with van der Waals surface area (Å²) in [7, 11) is 2.17. The molecule has 5 heteroatoms. The van der Waals surface area contributed by atoms with Gasteiger partial charge in [0.15, 0.2) is 0 Å². The number of carbonyl (C=O) groups excluding carboxylic acids is 1. The molecular formula is C49H65N3O2. The average Bonchev–Trinajstić information content (AvgIpc) is 3.37. The molecule has 1 unspecified atom stereocenters. The molecule has 4 aromatic carbocycles. The molecule has 5 aromatic rings. The van der Waals surface area contributed by atoms with Crippen LogP contribution in [0, 0.1) is 19.8 Å². The van der Waals surface area contributed by atoms with Crippen LogP contribution in [0.3, 0.4) is 0 Å². The first kappa shape index (κ1) is 40.8. The Hall–Kier alpha value is -4.35. The molecular weight excluding hydrogens is 663 g/mol. The summed E-state index contributed by atoms with van der Waals surface area (Å²) in [5, 5.41) is 15.5. The smallest absolute Gasteiger partial charge is 0.255 e. The van der Waals surface area contributed by atoms with Gasteiger partial charge >= 0.3 is 0 Å². The van der Waals surface area contributed by atoms with Crippen LogP contribution >= 0.6 is 0 Å². The molecule has 1 aromatic heterocycles. The van der Waals surface area contributed by atoms with Crippen LogP contribution in [0.1, 0.15) is 130 Å². The number of fused-ring (bicyclic) bond motifs is 1. The largest absolute Gasteiger partial charge is 0.507 e. The first-order chi connectivity index (χ1) is 26.1. The van der Waals surface area contributed by atoms with Gasteiger partial charge in [-0.15, -0.1) is 0 Å². The van der Waals surface area contributed by atoms with Crippen LogP contribution in [0.2, 0.25) is 0 Å². The Bertz CT molecular complexity index is 1930. The van der Waals surface area contributed by atoms with Crippen molar-refractivity contribution in [1.29, 1.82) is 0 Å². The van der Waals surface area contributed by atoms with E-state index in [9.17, 15) is 9.90 Å². The molecule has 2 N–H and O–H groups in total. The quantitative estimate of drug-likeness (QED) is 0.0995. The van der Waals surface area contributed by atoms with Gasteiger partial charge in [0.1, 0.15) is 5.75 Å². The molecule has 1 aliphatic rings. The fraction of sp³-hybridized carbons (Fsp3) is 0.449. The van der Waals surface area contributed by atoms with Gasteiger partial charge in [-0.25, -0.2) is 0 Å². The van der Waals surface area contributed by atoms with Gasteiger partial charge < -0.3 is 19.9 Å². The van der Waals surface area contributed by atoms with Gasteiger partial charge in [0.25, 0.3) is 5.91 Å². The van der Waals surface area contributed by atoms with Crippen molar-refractivity contribution >= 4 is 22.5 Å². The van der Waals surface area contributed by atoms with Crippen LogP contribution in [0.4, 0.5) is 5.69 Å². The number of aryl methyl sites for hydroxylation is 2. The molecule has 0 saturated heterocycles. The molecule has 0 aliphatic heterocycles. The zero-order valence-corrected chi connectivity index (χ0v) is 34.2. The Balaban J connectivity index is 0.000000631. The molecule has 5 nitrogen and oxygen atoms in total. The van der Waals surface area contributed by atoms with Gasteiger partial charge in [-0.2, -0.15) is 0 Å². The highest BCUT2D eigenvalue weighted by Crippen LogP contribution is 2.46. The maximum absolute atomic E-state index is 13.3. The van der Waals surface area contributed by atoms with Crippen molar-refractivity contribution < 1.29 is 9.90 Å². The fourth-order valence-electron chi connectivity index (χ4n) is 7.83. The van der Waals surface area contributed by atoms with Crippen molar-refractivity contribution in [2.45, 2.75) is 118 Å². The molecule has 1 aliphatic carbocycles. The Morgan fingerprint density at radius 2 is 1.57 bits per heavy atom. The zero-order valence-electron chi connectivity index (χ0n) is 34.2. The average molecular weight is 728 g/mol. The molecule has 1 heterocycles. The van der Waals surface area contributed by atoms with E-state index >= 15 is 0 Å². The topological polar surface area (TPSA) is 57.5 Å². The first-order valence-electron chi connectivity index (χ1n) is 20.7. The third-order valence-electron chi connectivity index (χ3n) is 11.6. The number of unbranched alkanes of at least 4 members (excludes halogenated alkanes) is 1. The molecule has 1 amide bonds. The van der Waals surface area contributed by atoms with Crippen molar-refractivity contribution in [2.75, 3.05) is 25.5 Å². The predicted octanol–water partition coefficient (Wildman–Crippen LogP) is 12.7. The molecule has 0 spiro atoms. The number of aromatic nitrogens is 1. The van der Waals surface area contributed by atoms with Gasteiger partial charge in [-0.1, -0.05) is 102 Å². The van der Waals surface area contributed by atoms with E-state index in [2.05, 4.69) is 99.8 Å². The number of phenolic OH excluding ortho intramolecular Hbond substituents is 1. The molecule has 1 fully saturated rings. The summed E-state index contributed by atoms with van der Waals surface area (Å²) in [4.78, 5) is 15.6. The maximum atomic E-state index is 13.3. The lowest BCUT2D eigenvalue weighted by atomic mass is 9.76. The van der Waals surface area contributed by atoms with Crippen molar-refractivity contribution in [2.24, 2.45) is 5.92 Å². The highest BCUT2D eigenvalue weighted by Gasteiger charge is 2.25. The number of amides is 1. The summed E-state index contributed by atoms with van der Waals surface area (Å²) in [6.45, 7) is 17.1. The Labute approximate surface area is 325 Å². The lowest BCUT2D eigenvalue weighted by molar-refractivity contribution is 0.102. The summed E-state index contributed by atoms with van der Waals surface area (Å²) < 4.78 is 2.50. The molecule has 6 rings (SSSR count). The molecule has 1 saturated carbocycles. The minimum absolute atomic E-state index is 0.170. The van der Waals surface area contributed by atoms with E-state index in [4.69, 9.17) is 0 Å². The summed E-state index contributed by atoms with van der Waals surface area (Å²) in [5.74, 6) is 1.26. The lowest BCUT2D eigenvalue weighted by Crippen LogP contribution is -2.19. The Morgan fingerprint density at radius 1 is 0.889 bits per heavy atom. The minimum atomic E-state index is -0.170. The van der Waals surface area contributed by atoms with Crippen molar-refractivity contribution in [3.05, 3.63) is 118 Å². The standard InChI is InChI=1S/C42H48N2O2.C7H17N/c1-5-28(2)12-9-10-23-44-30(4)29(3)37-25-32(19-22-39(37)44)24-31-17-20-35(21-18-31)42(46)43-36-26-38(33-15-11-16-33)41(40(45)27-36)34-13-7-6-8-14-34;1-4-6-8(3)7-5-2/h6-8,13-14,17-22,25-28,33,45H,5,9-12,15-16,23-24H2,1-4H3,(H,43,46);4-7H2,1-3H3. The number of benzene rings is 4. The monoisotopic (exact) mass is 728 g/mol. The SMILES string of the molecule is CCC(C)CCCCn1c(C)c(C)c2cc(Cc3ccc(C(=O)Nc4cc(O)c(-c5ccccc5)c(C5CCC5)c4)cc3)ccc21.CCCN(C)CCC. The second kappa shape index (κ2) is 19.8. The first-order valence-corrected chi connectivity index (χ1v) is 20.7. The third kappa shape index (κ3) is 10.4. The fourth-order valence-corrected chi connectivity index (χ4v) is 7.83. The zero-order chi connectivity index (χ0) is 38.6. The van der Waals surface area contributed by atoms with E-state index in [1.807, 2.05) is 42.5 Å². The third-order valence-corrected chi connectivity index (χ3v) is 11.6. The molecule has 288 valence electrons. The van der Waals surface area contributed by atoms with Crippen LogP contribution in [0.25, 0.3) is 22.0 Å². The lowest BCUT2D eigenvalue weighted by Gasteiger charge is -2.29.